The van der Waals surface area contributed by atoms with E-state index < -0.39 is 5.97 Å². The number of carbonyl (C=O) groups excluding carboxylic acids is 1. The van der Waals surface area contributed by atoms with E-state index in [9.17, 15) is 9.59 Å². The van der Waals surface area contributed by atoms with E-state index in [4.69, 9.17) is 14.6 Å². The molecular weight excluding hydrogens is 286 g/mol. The molecular formula is C16H19NO5. The second-order valence-corrected chi connectivity index (χ2v) is 4.84. The van der Waals surface area contributed by atoms with Gasteiger partial charge in [-0.15, -0.1) is 0 Å². The highest BCUT2D eigenvalue weighted by atomic mass is 16.5. The molecule has 0 radical (unpaired) electrons. The largest absolute Gasteiger partial charge is 0.462 e. The highest BCUT2D eigenvalue weighted by Crippen LogP contribution is 2.15. The fraction of sp³-hybridized carbons (Fsp3) is 0.375. The minimum Gasteiger partial charge on any atom is -0.462 e. The molecule has 0 aliphatic carbocycles. The summed E-state index contributed by atoms with van der Waals surface area (Å²) in [5, 5.41) is 9.23. The number of aromatic nitrogens is 1. The second-order valence-electron chi connectivity index (χ2n) is 4.84. The van der Waals surface area contributed by atoms with Crippen molar-refractivity contribution in [3.05, 3.63) is 45.7 Å². The van der Waals surface area contributed by atoms with Crippen molar-refractivity contribution < 1.29 is 19.4 Å². The van der Waals surface area contributed by atoms with Gasteiger partial charge in [-0.2, -0.15) is 0 Å². The first-order chi connectivity index (χ1) is 10.6. The zero-order valence-electron chi connectivity index (χ0n) is 12.7. The van der Waals surface area contributed by atoms with Crippen LogP contribution < -0.4 is 5.43 Å². The molecule has 0 bridgehead atoms. The van der Waals surface area contributed by atoms with E-state index in [1.165, 1.54) is 6.20 Å². The van der Waals surface area contributed by atoms with Crippen molar-refractivity contribution in [2.45, 2.75) is 20.6 Å². The third kappa shape index (κ3) is 3.35. The summed E-state index contributed by atoms with van der Waals surface area (Å²) in [5.41, 5.74) is 1.29. The Bertz CT molecular complexity index is 735. The smallest absolute Gasteiger partial charge is 0.343 e. The van der Waals surface area contributed by atoms with Crippen LogP contribution in [0.1, 0.15) is 22.8 Å². The van der Waals surface area contributed by atoms with E-state index in [2.05, 4.69) is 0 Å². The molecule has 0 unspecified atom stereocenters. The average molecular weight is 305 g/mol. The molecule has 0 atom stereocenters. The van der Waals surface area contributed by atoms with Crippen molar-refractivity contribution in [3.8, 4) is 0 Å². The lowest BCUT2D eigenvalue weighted by atomic mass is 10.1. The first-order valence-electron chi connectivity index (χ1n) is 7.08. The number of rotatable bonds is 6. The van der Waals surface area contributed by atoms with Gasteiger partial charge in [0.25, 0.3) is 0 Å². The van der Waals surface area contributed by atoms with E-state index in [1.54, 1.807) is 17.6 Å². The Kier molecular flexibility index (Phi) is 5.30. The van der Waals surface area contributed by atoms with Crippen molar-refractivity contribution in [1.82, 2.24) is 4.57 Å². The maximum atomic E-state index is 12.4. The van der Waals surface area contributed by atoms with E-state index in [0.717, 1.165) is 5.56 Å². The number of hydrogen-bond donors (Lipinski definition) is 1. The number of benzene rings is 1. The molecule has 0 aliphatic heterocycles. The summed E-state index contributed by atoms with van der Waals surface area (Å²) in [4.78, 5) is 24.4. The van der Waals surface area contributed by atoms with Gasteiger partial charge >= 0.3 is 5.97 Å². The Labute approximate surface area is 127 Å². The van der Waals surface area contributed by atoms with Gasteiger partial charge in [-0.1, -0.05) is 6.07 Å². The highest BCUT2D eigenvalue weighted by molar-refractivity contribution is 5.93. The zero-order chi connectivity index (χ0) is 16.1. The molecule has 2 aromatic rings. The van der Waals surface area contributed by atoms with Crippen LogP contribution in [0.4, 0.5) is 0 Å². The SMILES string of the molecule is CCOC(=O)c1cn(COCCO)c2cc(C)ccc2c1=O. The van der Waals surface area contributed by atoms with Crippen molar-refractivity contribution >= 4 is 16.9 Å². The quantitative estimate of drug-likeness (QED) is 0.645. The predicted molar refractivity (Wildman–Crippen MR) is 81.9 cm³/mol. The summed E-state index contributed by atoms with van der Waals surface area (Å²) in [5.74, 6) is -0.647. The number of pyridine rings is 1. The van der Waals surface area contributed by atoms with Crippen molar-refractivity contribution in [2.24, 2.45) is 0 Å². The van der Waals surface area contributed by atoms with Crippen molar-refractivity contribution in [1.29, 1.82) is 0 Å². The van der Waals surface area contributed by atoms with Gasteiger partial charge in [0.2, 0.25) is 5.43 Å². The average Bonchev–Trinajstić information content (AvgIpc) is 2.49. The molecule has 2 rings (SSSR count). The fourth-order valence-corrected chi connectivity index (χ4v) is 2.19. The number of hydrogen-bond acceptors (Lipinski definition) is 5. The standard InChI is InChI=1S/C16H19NO5/c1-3-22-16(20)13-9-17(10-21-7-6-18)14-8-11(2)4-5-12(14)15(13)19/h4-5,8-9,18H,3,6-7,10H2,1-2H3. The number of ether oxygens (including phenoxy) is 2. The van der Waals surface area contributed by atoms with Gasteiger partial charge in [0.15, 0.2) is 0 Å². The van der Waals surface area contributed by atoms with Crippen LogP contribution in [0, 0.1) is 6.92 Å². The maximum absolute atomic E-state index is 12.4. The van der Waals surface area contributed by atoms with Crippen LogP contribution in [-0.2, 0) is 16.2 Å². The molecule has 0 fully saturated rings. The normalized spacial score (nSPS) is 10.9. The number of aliphatic hydroxyl groups is 1. The molecule has 118 valence electrons. The molecule has 1 aromatic carbocycles. The van der Waals surface area contributed by atoms with Gasteiger partial charge in [0.1, 0.15) is 12.3 Å². The molecule has 0 aliphatic rings. The Morgan fingerprint density at radius 2 is 2.14 bits per heavy atom. The molecule has 0 saturated heterocycles. The predicted octanol–water partition coefficient (Wildman–Crippen LogP) is 1.45. The number of esters is 1. The Hall–Kier alpha value is -2.18. The van der Waals surface area contributed by atoms with Crippen LogP contribution in [0.25, 0.3) is 10.9 Å². The van der Waals surface area contributed by atoms with E-state index in [1.807, 2.05) is 19.1 Å². The van der Waals surface area contributed by atoms with Crippen molar-refractivity contribution in [2.75, 3.05) is 19.8 Å². The summed E-state index contributed by atoms with van der Waals surface area (Å²) in [6, 6.07) is 5.36. The topological polar surface area (TPSA) is 77.8 Å². The molecule has 1 heterocycles. The van der Waals surface area contributed by atoms with E-state index in [-0.39, 0.29) is 37.5 Å². The van der Waals surface area contributed by atoms with E-state index >= 15 is 0 Å². The second kappa shape index (κ2) is 7.20. The minimum absolute atomic E-state index is 0.0224. The highest BCUT2D eigenvalue weighted by Gasteiger charge is 2.16. The molecule has 22 heavy (non-hydrogen) atoms. The van der Waals surface area contributed by atoms with Gasteiger partial charge < -0.3 is 19.1 Å². The number of carbonyl (C=O) groups is 1. The molecule has 0 amide bonds. The third-order valence-corrected chi connectivity index (χ3v) is 3.20. The number of fused-ring (bicyclic) bond motifs is 1. The van der Waals surface area contributed by atoms with Gasteiger partial charge in [-0.25, -0.2) is 4.79 Å². The van der Waals surface area contributed by atoms with Crippen LogP contribution >= 0.6 is 0 Å². The zero-order valence-corrected chi connectivity index (χ0v) is 12.7. The molecule has 0 saturated carbocycles. The minimum atomic E-state index is -0.647. The molecule has 6 nitrogen and oxygen atoms in total. The van der Waals surface area contributed by atoms with Gasteiger partial charge in [-0.05, 0) is 31.5 Å². The Morgan fingerprint density at radius 3 is 2.82 bits per heavy atom. The Balaban J connectivity index is 2.58. The van der Waals surface area contributed by atoms with Crippen LogP contribution in [0.2, 0.25) is 0 Å². The van der Waals surface area contributed by atoms with E-state index in [0.29, 0.717) is 10.9 Å². The fourth-order valence-electron chi connectivity index (χ4n) is 2.19. The van der Waals surface area contributed by atoms with Gasteiger partial charge in [-0.3, -0.25) is 4.79 Å². The first kappa shape index (κ1) is 16.2. The number of aryl methyl sites for hydroxylation is 1. The Morgan fingerprint density at radius 1 is 1.36 bits per heavy atom. The summed E-state index contributed by atoms with van der Waals surface area (Å²) in [6.07, 6.45) is 1.44. The monoisotopic (exact) mass is 305 g/mol. The number of aliphatic hydroxyl groups excluding tert-OH is 1. The number of nitrogens with zero attached hydrogens (tertiary/aromatic N) is 1. The third-order valence-electron chi connectivity index (χ3n) is 3.20. The van der Waals surface area contributed by atoms with Crippen LogP contribution in [0.15, 0.2) is 29.2 Å². The van der Waals surface area contributed by atoms with Crippen LogP contribution in [0.5, 0.6) is 0 Å². The molecule has 6 heteroatoms. The van der Waals surface area contributed by atoms with Gasteiger partial charge in [0.05, 0.1) is 25.3 Å². The lowest BCUT2D eigenvalue weighted by Crippen LogP contribution is -2.21. The lowest BCUT2D eigenvalue weighted by Gasteiger charge is -2.13. The maximum Gasteiger partial charge on any atom is 0.343 e. The molecule has 1 N–H and O–H groups in total. The summed E-state index contributed by atoms with van der Waals surface area (Å²) in [7, 11) is 0. The summed E-state index contributed by atoms with van der Waals surface area (Å²) < 4.78 is 11.9. The summed E-state index contributed by atoms with van der Waals surface area (Å²) in [6.45, 7) is 4.02. The first-order valence-corrected chi connectivity index (χ1v) is 7.08. The van der Waals surface area contributed by atoms with Crippen LogP contribution in [-0.4, -0.2) is 35.5 Å². The van der Waals surface area contributed by atoms with Crippen molar-refractivity contribution in [3.63, 3.8) is 0 Å². The summed E-state index contributed by atoms with van der Waals surface area (Å²) >= 11 is 0. The lowest BCUT2D eigenvalue weighted by molar-refractivity contribution is 0.0479. The molecule has 0 spiro atoms. The molecule has 1 aromatic heterocycles. The van der Waals surface area contributed by atoms with Gasteiger partial charge in [0, 0.05) is 11.6 Å². The van der Waals surface area contributed by atoms with Crippen LogP contribution in [0.3, 0.4) is 0 Å².